The van der Waals surface area contributed by atoms with Crippen LogP contribution in [-0.4, -0.2) is 26.1 Å². The highest BCUT2D eigenvalue weighted by Crippen LogP contribution is 2.29. The molecule has 0 aliphatic heterocycles. The van der Waals surface area contributed by atoms with Crippen LogP contribution < -0.4 is 9.62 Å². The first kappa shape index (κ1) is 25.1. The summed E-state index contributed by atoms with van der Waals surface area (Å²) >= 11 is 12.5. The van der Waals surface area contributed by atoms with Crippen LogP contribution in [0.3, 0.4) is 0 Å². The third-order valence-electron chi connectivity index (χ3n) is 5.12. The summed E-state index contributed by atoms with van der Waals surface area (Å²) in [5.74, 6) is -0.234. The molecule has 0 atom stereocenters. The number of rotatable bonds is 8. The molecule has 0 aliphatic rings. The van der Waals surface area contributed by atoms with E-state index in [1.165, 1.54) is 4.31 Å². The summed E-state index contributed by atoms with van der Waals surface area (Å²) in [5.41, 5.74) is 2.02. The van der Waals surface area contributed by atoms with Crippen LogP contribution in [0.25, 0.3) is 0 Å². The van der Waals surface area contributed by atoms with E-state index in [0.29, 0.717) is 33.3 Å². The Labute approximate surface area is 205 Å². The lowest BCUT2D eigenvalue weighted by Gasteiger charge is -2.27. The molecule has 0 radical (unpaired) electrons. The molecule has 3 aromatic carbocycles. The first-order chi connectivity index (χ1) is 15.5. The van der Waals surface area contributed by atoms with Gasteiger partial charge in [0.2, 0.25) is 10.0 Å². The fourth-order valence-corrected chi connectivity index (χ4v) is 4.92. The maximum Gasteiger partial charge on any atom is 0.251 e. The molecule has 0 heterocycles. The zero-order chi connectivity index (χ0) is 24.2. The second-order valence-electron chi connectivity index (χ2n) is 8.52. The van der Waals surface area contributed by atoms with Crippen LogP contribution in [0.2, 0.25) is 10.0 Å². The van der Waals surface area contributed by atoms with Gasteiger partial charge in [-0.05, 0) is 62.2 Å². The predicted octanol–water partition coefficient (Wildman–Crippen LogP) is 5.71. The van der Waals surface area contributed by atoms with E-state index in [4.69, 9.17) is 23.2 Å². The molecule has 0 aromatic heterocycles. The van der Waals surface area contributed by atoms with E-state index < -0.39 is 15.6 Å². The Morgan fingerprint density at radius 1 is 0.909 bits per heavy atom. The Bertz CT molecular complexity index is 1210. The number of benzene rings is 3. The van der Waals surface area contributed by atoms with Gasteiger partial charge in [-0.15, -0.1) is 0 Å². The van der Waals surface area contributed by atoms with E-state index in [0.717, 1.165) is 11.8 Å². The van der Waals surface area contributed by atoms with Crippen molar-refractivity contribution < 1.29 is 13.2 Å². The molecule has 0 unspecified atom stereocenters. The molecule has 1 N–H and O–H groups in total. The summed E-state index contributed by atoms with van der Waals surface area (Å²) in [5, 5.41) is 3.81. The van der Waals surface area contributed by atoms with Gasteiger partial charge in [0.05, 0.1) is 18.5 Å². The Balaban J connectivity index is 1.78. The molecule has 33 heavy (non-hydrogen) atoms. The topological polar surface area (TPSA) is 66.5 Å². The fourth-order valence-electron chi connectivity index (χ4n) is 3.54. The molecular weight excluding hydrogens is 479 g/mol. The summed E-state index contributed by atoms with van der Waals surface area (Å²) in [6, 6.07) is 21.4. The van der Waals surface area contributed by atoms with E-state index in [2.05, 4.69) is 5.32 Å². The van der Waals surface area contributed by atoms with Crippen molar-refractivity contribution in [3.05, 3.63) is 99.5 Å². The lowest BCUT2D eigenvalue weighted by Crippen LogP contribution is -2.45. The van der Waals surface area contributed by atoms with Crippen molar-refractivity contribution in [1.29, 1.82) is 0 Å². The average molecular weight is 505 g/mol. The number of hydrogen-bond donors (Lipinski definition) is 1. The standard InChI is InChI=1S/C25H26Cl2N2O3S/c1-25(2,16-18-8-5-4-6-9-18)28-24(30)19-12-14-20(15-13-19)29(33(3,31)32)17-21-22(26)10-7-11-23(21)27/h4-15H,16-17H2,1-3H3,(H,28,30). The number of nitrogens with zero attached hydrogens (tertiary/aromatic N) is 1. The van der Waals surface area contributed by atoms with Crippen molar-refractivity contribution in [1.82, 2.24) is 5.32 Å². The molecule has 3 aromatic rings. The van der Waals surface area contributed by atoms with Gasteiger partial charge in [0, 0.05) is 26.7 Å². The van der Waals surface area contributed by atoms with Crippen LogP contribution in [0.15, 0.2) is 72.8 Å². The normalized spacial score (nSPS) is 11.8. The largest absolute Gasteiger partial charge is 0.347 e. The van der Waals surface area contributed by atoms with Crippen molar-refractivity contribution in [3.63, 3.8) is 0 Å². The zero-order valence-electron chi connectivity index (χ0n) is 18.7. The molecule has 0 bridgehead atoms. The van der Waals surface area contributed by atoms with Crippen molar-refractivity contribution in [2.45, 2.75) is 32.4 Å². The summed E-state index contributed by atoms with van der Waals surface area (Å²) in [7, 11) is -3.63. The summed E-state index contributed by atoms with van der Waals surface area (Å²) < 4.78 is 26.2. The van der Waals surface area contributed by atoms with Gasteiger partial charge in [-0.2, -0.15) is 0 Å². The van der Waals surface area contributed by atoms with E-state index in [9.17, 15) is 13.2 Å². The fraction of sp³-hybridized carbons (Fsp3) is 0.240. The number of carbonyl (C=O) groups is 1. The Morgan fingerprint density at radius 2 is 1.48 bits per heavy atom. The second kappa shape index (κ2) is 10.2. The van der Waals surface area contributed by atoms with Crippen LogP contribution in [-0.2, 0) is 23.0 Å². The van der Waals surface area contributed by atoms with E-state index >= 15 is 0 Å². The Morgan fingerprint density at radius 3 is 2.03 bits per heavy atom. The highest BCUT2D eigenvalue weighted by atomic mass is 35.5. The highest BCUT2D eigenvalue weighted by molar-refractivity contribution is 7.92. The number of halogens is 2. The van der Waals surface area contributed by atoms with Crippen LogP contribution in [0.5, 0.6) is 0 Å². The van der Waals surface area contributed by atoms with Gasteiger partial charge < -0.3 is 5.32 Å². The summed E-state index contributed by atoms with van der Waals surface area (Å²) in [4.78, 5) is 12.8. The number of amides is 1. The van der Waals surface area contributed by atoms with Gasteiger partial charge in [0.25, 0.3) is 5.91 Å². The maximum absolute atomic E-state index is 12.8. The first-order valence-electron chi connectivity index (χ1n) is 10.3. The van der Waals surface area contributed by atoms with Crippen LogP contribution in [0.1, 0.15) is 35.3 Å². The monoisotopic (exact) mass is 504 g/mol. The zero-order valence-corrected chi connectivity index (χ0v) is 21.0. The highest BCUT2D eigenvalue weighted by Gasteiger charge is 2.23. The lowest BCUT2D eigenvalue weighted by molar-refractivity contribution is 0.0913. The van der Waals surface area contributed by atoms with Crippen molar-refractivity contribution in [3.8, 4) is 0 Å². The van der Waals surface area contributed by atoms with Crippen molar-refractivity contribution >= 4 is 44.8 Å². The van der Waals surface area contributed by atoms with Gasteiger partial charge in [-0.25, -0.2) is 8.42 Å². The van der Waals surface area contributed by atoms with Crippen LogP contribution >= 0.6 is 23.2 Å². The van der Waals surface area contributed by atoms with Gasteiger partial charge in [0.1, 0.15) is 0 Å². The molecule has 0 saturated heterocycles. The summed E-state index contributed by atoms with van der Waals surface area (Å²) in [6.07, 6.45) is 1.79. The van der Waals surface area contributed by atoms with Gasteiger partial charge in [-0.1, -0.05) is 59.6 Å². The van der Waals surface area contributed by atoms with E-state index in [1.54, 1.807) is 42.5 Å². The lowest BCUT2D eigenvalue weighted by atomic mass is 9.94. The van der Waals surface area contributed by atoms with Gasteiger partial charge >= 0.3 is 0 Å². The smallest absolute Gasteiger partial charge is 0.251 e. The SMILES string of the molecule is CC(C)(Cc1ccccc1)NC(=O)c1ccc(N(Cc2c(Cl)cccc2Cl)S(C)(=O)=O)cc1. The third kappa shape index (κ3) is 6.73. The van der Waals surface area contributed by atoms with Crippen LogP contribution in [0, 0.1) is 0 Å². The third-order valence-corrected chi connectivity index (χ3v) is 6.97. The second-order valence-corrected chi connectivity index (χ2v) is 11.2. The molecule has 8 heteroatoms. The van der Waals surface area contributed by atoms with E-state index in [-0.39, 0.29) is 12.5 Å². The molecule has 0 saturated carbocycles. The molecule has 0 spiro atoms. The van der Waals surface area contributed by atoms with Crippen molar-refractivity contribution in [2.24, 2.45) is 0 Å². The molecule has 174 valence electrons. The Hall–Kier alpha value is -2.54. The predicted molar refractivity (Wildman–Crippen MR) is 136 cm³/mol. The quantitative estimate of drug-likeness (QED) is 0.427. The molecule has 5 nitrogen and oxygen atoms in total. The van der Waals surface area contributed by atoms with Gasteiger partial charge in [0.15, 0.2) is 0 Å². The minimum Gasteiger partial charge on any atom is -0.347 e. The summed E-state index contributed by atoms with van der Waals surface area (Å²) in [6.45, 7) is 3.91. The number of sulfonamides is 1. The molecule has 1 amide bonds. The molecular formula is C25H26Cl2N2O3S. The number of anilines is 1. The maximum atomic E-state index is 12.8. The minimum atomic E-state index is -3.63. The van der Waals surface area contributed by atoms with Crippen LogP contribution in [0.4, 0.5) is 5.69 Å². The molecule has 0 fully saturated rings. The number of carbonyl (C=O) groups excluding carboxylic acids is 1. The average Bonchev–Trinajstić information content (AvgIpc) is 2.73. The van der Waals surface area contributed by atoms with E-state index in [1.807, 2.05) is 44.2 Å². The van der Waals surface area contributed by atoms with Gasteiger partial charge in [-0.3, -0.25) is 9.10 Å². The van der Waals surface area contributed by atoms with Crippen molar-refractivity contribution in [2.75, 3.05) is 10.6 Å². The number of hydrogen-bond acceptors (Lipinski definition) is 3. The number of nitrogens with one attached hydrogen (secondary N) is 1. The minimum absolute atomic E-state index is 0.0208. The molecule has 0 aliphatic carbocycles. The molecule has 3 rings (SSSR count). The Kier molecular flexibility index (Phi) is 7.73. The first-order valence-corrected chi connectivity index (χ1v) is 12.9.